The van der Waals surface area contributed by atoms with Crippen LogP contribution in [-0.2, 0) is 11.3 Å². The van der Waals surface area contributed by atoms with Gasteiger partial charge >= 0.3 is 6.09 Å². The van der Waals surface area contributed by atoms with Crippen LogP contribution in [-0.4, -0.2) is 101 Å². The van der Waals surface area contributed by atoms with Gasteiger partial charge in [0.2, 0.25) is 0 Å². The number of hydrogen-bond acceptors (Lipinski definition) is 8. The first-order valence-corrected chi connectivity index (χ1v) is 12.8. The molecular formula is C26H30N6O5. The summed E-state index contributed by atoms with van der Waals surface area (Å²) in [7, 11) is 0. The van der Waals surface area contributed by atoms with E-state index in [9.17, 15) is 9.59 Å². The van der Waals surface area contributed by atoms with Crippen LogP contribution in [0.25, 0.3) is 11.0 Å². The predicted octanol–water partition coefficient (Wildman–Crippen LogP) is 2.29. The summed E-state index contributed by atoms with van der Waals surface area (Å²) in [5.74, 6) is 1.45. The van der Waals surface area contributed by atoms with Crippen molar-refractivity contribution in [2.45, 2.75) is 25.5 Å². The summed E-state index contributed by atoms with van der Waals surface area (Å²) in [6.45, 7) is 5.60. The van der Waals surface area contributed by atoms with Gasteiger partial charge in [-0.1, -0.05) is 11.3 Å². The third-order valence-electron chi connectivity index (χ3n) is 7.38. The summed E-state index contributed by atoms with van der Waals surface area (Å²) in [4.78, 5) is 31.7. The van der Waals surface area contributed by atoms with Crippen molar-refractivity contribution >= 4 is 23.0 Å². The molecule has 2 saturated heterocycles. The van der Waals surface area contributed by atoms with Crippen molar-refractivity contribution in [1.29, 1.82) is 0 Å². The number of likely N-dealkylation sites (tertiary alicyclic amines) is 1. The maximum Gasteiger partial charge on any atom is 0.410 e. The summed E-state index contributed by atoms with van der Waals surface area (Å²) in [5.41, 5.74) is 3.03. The summed E-state index contributed by atoms with van der Waals surface area (Å²) in [6.07, 6.45) is 1.55. The fraction of sp³-hybridized carbons (Fsp3) is 0.462. The molecule has 4 heterocycles. The van der Waals surface area contributed by atoms with E-state index in [0.717, 1.165) is 55.9 Å². The third kappa shape index (κ3) is 5.04. The second kappa shape index (κ2) is 10.3. The number of nitrogens with one attached hydrogen (secondary N) is 1. The average Bonchev–Trinajstić information content (AvgIpc) is 3.44. The highest BCUT2D eigenvalue weighted by molar-refractivity contribution is 5.97. The van der Waals surface area contributed by atoms with Crippen molar-refractivity contribution in [3.63, 3.8) is 0 Å². The molecule has 3 aliphatic heterocycles. The smallest absolute Gasteiger partial charge is 0.410 e. The number of benzene rings is 2. The number of H-pyrrole nitrogens is 1. The molecule has 1 aromatic heterocycles. The molecule has 0 spiro atoms. The van der Waals surface area contributed by atoms with Crippen LogP contribution in [0.5, 0.6) is 11.5 Å². The van der Waals surface area contributed by atoms with Gasteiger partial charge in [-0.05, 0) is 48.7 Å². The maximum absolute atomic E-state index is 13.0. The molecule has 194 valence electrons. The summed E-state index contributed by atoms with van der Waals surface area (Å²) in [5, 5.41) is 10.6. The number of rotatable bonds is 4. The standard InChI is InChI=1S/C26H30N6O5/c33-25(19-2-3-21-22(16-19)28-29-27-21)31-7-5-20(6-8-31)30-9-11-32(12-10-30)26(34)37-17-18-1-4-23-24(15-18)36-14-13-35-23/h1-4,15-16,20H,5-14,17H2,(H,27,28,29). The highest BCUT2D eigenvalue weighted by Gasteiger charge is 2.31. The van der Waals surface area contributed by atoms with E-state index in [0.29, 0.717) is 49.2 Å². The lowest BCUT2D eigenvalue weighted by molar-refractivity contribution is 0.0394. The van der Waals surface area contributed by atoms with Crippen molar-refractivity contribution in [2.75, 3.05) is 52.5 Å². The van der Waals surface area contributed by atoms with E-state index in [1.807, 2.05) is 35.2 Å². The molecule has 0 atom stereocenters. The zero-order valence-corrected chi connectivity index (χ0v) is 20.6. The minimum Gasteiger partial charge on any atom is -0.486 e. The monoisotopic (exact) mass is 506 g/mol. The van der Waals surface area contributed by atoms with Gasteiger partial charge in [0.05, 0.1) is 5.52 Å². The number of aromatic amines is 1. The lowest BCUT2D eigenvalue weighted by atomic mass is 10.0. The molecule has 0 saturated carbocycles. The summed E-state index contributed by atoms with van der Waals surface area (Å²) >= 11 is 0. The number of piperidine rings is 1. The molecule has 2 aromatic carbocycles. The Morgan fingerprint density at radius 2 is 1.70 bits per heavy atom. The Morgan fingerprint density at radius 1 is 0.919 bits per heavy atom. The van der Waals surface area contributed by atoms with Crippen LogP contribution in [0, 0.1) is 0 Å². The van der Waals surface area contributed by atoms with Crippen LogP contribution in [0.1, 0.15) is 28.8 Å². The topological polar surface area (TPSA) is 113 Å². The number of aromatic nitrogens is 3. The average molecular weight is 507 g/mol. The van der Waals surface area contributed by atoms with E-state index in [1.165, 1.54) is 0 Å². The van der Waals surface area contributed by atoms with Crippen molar-refractivity contribution < 1.29 is 23.8 Å². The molecule has 0 aliphatic carbocycles. The van der Waals surface area contributed by atoms with Gasteiger partial charge in [0.25, 0.3) is 5.91 Å². The number of carbonyl (C=O) groups is 2. The van der Waals surface area contributed by atoms with Crippen LogP contribution in [0.15, 0.2) is 36.4 Å². The molecule has 3 aromatic rings. The minimum atomic E-state index is -0.293. The minimum absolute atomic E-state index is 0.0360. The van der Waals surface area contributed by atoms with E-state index in [4.69, 9.17) is 14.2 Å². The predicted molar refractivity (Wildman–Crippen MR) is 134 cm³/mol. The van der Waals surface area contributed by atoms with Crippen LogP contribution in [0.3, 0.4) is 0 Å². The van der Waals surface area contributed by atoms with E-state index in [-0.39, 0.29) is 18.6 Å². The molecule has 1 N–H and O–H groups in total. The number of piperazine rings is 1. The van der Waals surface area contributed by atoms with E-state index < -0.39 is 0 Å². The third-order valence-corrected chi connectivity index (χ3v) is 7.38. The van der Waals surface area contributed by atoms with Crippen LogP contribution >= 0.6 is 0 Å². The Labute approximate surface area is 214 Å². The number of hydrogen-bond donors (Lipinski definition) is 1. The zero-order valence-electron chi connectivity index (χ0n) is 20.6. The summed E-state index contributed by atoms with van der Waals surface area (Å²) in [6, 6.07) is 11.5. The number of ether oxygens (including phenoxy) is 3. The molecular weight excluding hydrogens is 476 g/mol. The van der Waals surface area contributed by atoms with Gasteiger partial charge in [-0.15, -0.1) is 5.10 Å². The second-order valence-corrected chi connectivity index (χ2v) is 9.62. The van der Waals surface area contributed by atoms with Gasteiger partial charge in [0.1, 0.15) is 25.3 Å². The SMILES string of the molecule is O=C(OCc1ccc2c(c1)OCCO2)N1CCN(C2CCN(C(=O)c3ccc4[nH]nnc4c3)CC2)CC1. The van der Waals surface area contributed by atoms with E-state index in [1.54, 1.807) is 11.0 Å². The first kappa shape index (κ1) is 23.5. The lowest BCUT2D eigenvalue weighted by Crippen LogP contribution is -2.54. The van der Waals surface area contributed by atoms with Crippen molar-refractivity contribution in [3.8, 4) is 11.5 Å². The molecule has 3 aliphatic rings. The molecule has 11 heteroatoms. The van der Waals surface area contributed by atoms with Gasteiger partial charge in [0.15, 0.2) is 11.5 Å². The normalized spacial score (nSPS) is 18.7. The maximum atomic E-state index is 13.0. The molecule has 11 nitrogen and oxygen atoms in total. The van der Waals surface area contributed by atoms with Crippen LogP contribution < -0.4 is 9.47 Å². The zero-order chi connectivity index (χ0) is 25.2. The van der Waals surface area contributed by atoms with Gasteiger partial charge in [-0.3, -0.25) is 14.8 Å². The van der Waals surface area contributed by atoms with Crippen LogP contribution in [0.2, 0.25) is 0 Å². The van der Waals surface area contributed by atoms with Gasteiger partial charge in [0, 0.05) is 50.9 Å². The second-order valence-electron chi connectivity index (χ2n) is 9.62. The van der Waals surface area contributed by atoms with E-state index in [2.05, 4.69) is 20.3 Å². The lowest BCUT2D eigenvalue weighted by Gasteiger charge is -2.42. The van der Waals surface area contributed by atoms with Crippen molar-refractivity contribution in [1.82, 2.24) is 30.1 Å². The molecule has 2 amide bonds. The first-order valence-electron chi connectivity index (χ1n) is 12.8. The molecule has 0 bridgehead atoms. The van der Waals surface area contributed by atoms with Crippen LogP contribution in [0.4, 0.5) is 4.79 Å². The highest BCUT2D eigenvalue weighted by atomic mass is 16.6. The number of fused-ring (bicyclic) bond motifs is 2. The Balaban J connectivity index is 0.949. The molecule has 0 radical (unpaired) electrons. The fourth-order valence-electron chi connectivity index (χ4n) is 5.27. The van der Waals surface area contributed by atoms with Gasteiger partial charge in [-0.25, -0.2) is 4.79 Å². The summed E-state index contributed by atoms with van der Waals surface area (Å²) < 4.78 is 16.7. The highest BCUT2D eigenvalue weighted by Crippen LogP contribution is 2.31. The molecule has 37 heavy (non-hydrogen) atoms. The van der Waals surface area contributed by atoms with Crippen molar-refractivity contribution in [3.05, 3.63) is 47.5 Å². The van der Waals surface area contributed by atoms with Crippen molar-refractivity contribution in [2.24, 2.45) is 0 Å². The van der Waals surface area contributed by atoms with E-state index >= 15 is 0 Å². The Kier molecular flexibility index (Phi) is 6.52. The Morgan fingerprint density at radius 3 is 2.51 bits per heavy atom. The first-order chi connectivity index (χ1) is 18.1. The van der Waals surface area contributed by atoms with Gasteiger partial charge in [-0.2, -0.15) is 0 Å². The number of amides is 2. The Hall–Kier alpha value is -3.86. The molecule has 2 fully saturated rings. The number of nitrogens with zero attached hydrogens (tertiary/aromatic N) is 5. The molecule has 6 rings (SSSR count). The van der Waals surface area contributed by atoms with Gasteiger partial charge < -0.3 is 24.0 Å². The Bertz CT molecular complexity index is 1280. The quantitative estimate of drug-likeness (QED) is 0.574. The number of carbonyl (C=O) groups excluding carboxylic acids is 2. The molecule has 0 unspecified atom stereocenters. The largest absolute Gasteiger partial charge is 0.486 e. The fourth-order valence-corrected chi connectivity index (χ4v) is 5.27.